The van der Waals surface area contributed by atoms with Gasteiger partial charge in [0.25, 0.3) is 0 Å². The zero-order chi connectivity index (χ0) is 21.7. The molecule has 0 aliphatic heterocycles. The van der Waals surface area contributed by atoms with Gasteiger partial charge in [0, 0.05) is 12.4 Å². The lowest BCUT2D eigenvalue weighted by molar-refractivity contribution is 0.262. The topological polar surface area (TPSA) is 160 Å². The maximum Gasteiger partial charge on any atom is 0.323 e. The quantitative estimate of drug-likeness (QED) is 0.567. The number of amides is 2. The number of hydrogen-bond acceptors (Lipinski definition) is 7. The molecule has 2 heterocycles. The van der Waals surface area contributed by atoms with Gasteiger partial charge in [-0.3, -0.25) is 9.97 Å². The zero-order valence-corrected chi connectivity index (χ0v) is 16.5. The summed E-state index contributed by atoms with van der Waals surface area (Å²) in [5.74, 6) is 0.283. The highest BCUT2D eigenvalue weighted by molar-refractivity contribution is 7.89. The number of urea groups is 1. The smallest absolute Gasteiger partial charge is 0.323 e. The van der Waals surface area contributed by atoms with Crippen LogP contribution in [-0.4, -0.2) is 24.4 Å². The van der Waals surface area contributed by atoms with Gasteiger partial charge in [0.1, 0.15) is 23.1 Å². The predicted octanol–water partition coefficient (Wildman–Crippen LogP) is 2.74. The second-order valence-corrected chi connectivity index (χ2v) is 7.63. The lowest BCUT2D eigenvalue weighted by Gasteiger charge is -2.14. The Labute approximate surface area is 172 Å². The van der Waals surface area contributed by atoms with Crippen LogP contribution in [0.15, 0.2) is 60.0 Å². The SMILES string of the molecule is Cc1ccncc1NC(=O)Nc1cncc(C#N)c1Oc1ccc(S(N)(=O)=O)cc1. The summed E-state index contributed by atoms with van der Waals surface area (Å²) in [4.78, 5) is 20.2. The number of benzene rings is 1. The summed E-state index contributed by atoms with van der Waals surface area (Å²) in [5, 5.41) is 19.7. The number of primary sulfonamides is 1. The first-order valence-electron chi connectivity index (χ1n) is 8.45. The average Bonchev–Trinajstić information content (AvgIpc) is 2.70. The monoisotopic (exact) mass is 424 g/mol. The number of nitrogens with one attached hydrogen (secondary N) is 2. The summed E-state index contributed by atoms with van der Waals surface area (Å²) >= 11 is 0. The third-order valence-electron chi connectivity index (χ3n) is 3.92. The molecule has 0 bridgehead atoms. The van der Waals surface area contributed by atoms with Crippen LogP contribution >= 0.6 is 0 Å². The first kappa shape index (κ1) is 20.7. The van der Waals surface area contributed by atoms with Crippen molar-refractivity contribution in [2.75, 3.05) is 10.6 Å². The number of ether oxygens (including phenoxy) is 1. The number of rotatable bonds is 5. The van der Waals surface area contributed by atoms with Crippen molar-refractivity contribution in [2.24, 2.45) is 5.14 Å². The van der Waals surface area contributed by atoms with Crippen molar-refractivity contribution in [3.05, 3.63) is 66.2 Å². The fraction of sp³-hybridized carbons (Fsp3) is 0.0526. The number of hydrogen-bond donors (Lipinski definition) is 3. The van der Waals surface area contributed by atoms with E-state index < -0.39 is 16.1 Å². The molecule has 2 amide bonds. The van der Waals surface area contributed by atoms with Gasteiger partial charge in [-0.15, -0.1) is 0 Å². The van der Waals surface area contributed by atoms with Crippen molar-refractivity contribution in [2.45, 2.75) is 11.8 Å². The largest absolute Gasteiger partial charge is 0.454 e. The Bertz CT molecular complexity index is 1240. The van der Waals surface area contributed by atoms with E-state index in [0.717, 1.165) is 5.56 Å². The highest BCUT2D eigenvalue weighted by Crippen LogP contribution is 2.32. The van der Waals surface area contributed by atoms with Gasteiger partial charge in [-0.05, 0) is 42.8 Å². The maximum atomic E-state index is 12.4. The van der Waals surface area contributed by atoms with E-state index in [1.165, 1.54) is 42.9 Å². The van der Waals surface area contributed by atoms with E-state index in [4.69, 9.17) is 9.88 Å². The van der Waals surface area contributed by atoms with E-state index >= 15 is 0 Å². The highest BCUT2D eigenvalue weighted by atomic mass is 32.2. The van der Waals surface area contributed by atoms with E-state index in [1.807, 2.05) is 13.0 Å². The molecule has 3 aromatic rings. The van der Waals surface area contributed by atoms with Crippen LogP contribution < -0.4 is 20.5 Å². The molecular weight excluding hydrogens is 408 g/mol. The number of nitrogens with two attached hydrogens (primary N) is 1. The molecule has 4 N–H and O–H groups in total. The molecule has 2 aromatic heterocycles. The third-order valence-corrected chi connectivity index (χ3v) is 4.85. The number of nitrogens with zero attached hydrogens (tertiary/aromatic N) is 3. The van der Waals surface area contributed by atoms with Crippen molar-refractivity contribution in [3.8, 4) is 17.6 Å². The molecule has 1 aromatic carbocycles. The predicted molar refractivity (Wildman–Crippen MR) is 108 cm³/mol. The second-order valence-electron chi connectivity index (χ2n) is 6.06. The number of carbonyl (C=O) groups excluding carboxylic acids is 1. The lowest BCUT2D eigenvalue weighted by atomic mass is 10.2. The van der Waals surface area contributed by atoms with Crippen LogP contribution in [0.25, 0.3) is 0 Å². The van der Waals surface area contributed by atoms with Crippen LogP contribution in [-0.2, 0) is 10.0 Å². The van der Waals surface area contributed by atoms with Crippen molar-refractivity contribution < 1.29 is 17.9 Å². The van der Waals surface area contributed by atoms with E-state index in [9.17, 15) is 18.5 Å². The van der Waals surface area contributed by atoms with Crippen LogP contribution in [0.3, 0.4) is 0 Å². The Morgan fingerprint density at radius 2 is 1.73 bits per heavy atom. The standard InChI is InChI=1S/C19H16N6O4S/c1-12-6-7-22-10-16(12)24-19(26)25-17-11-23-9-13(8-20)18(17)29-14-2-4-15(5-3-14)30(21,27)28/h2-7,9-11H,1H3,(H2,21,27,28)(H2,24,25,26). The van der Waals surface area contributed by atoms with Gasteiger partial charge in [-0.1, -0.05) is 0 Å². The Balaban J connectivity index is 1.85. The fourth-order valence-corrected chi connectivity index (χ4v) is 2.93. The summed E-state index contributed by atoms with van der Waals surface area (Å²) in [5.41, 5.74) is 1.54. The van der Waals surface area contributed by atoms with Crippen molar-refractivity contribution in [1.82, 2.24) is 9.97 Å². The average molecular weight is 424 g/mol. The summed E-state index contributed by atoms with van der Waals surface area (Å²) in [6.07, 6.45) is 5.71. The van der Waals surface area contributed by atoms with E-state index in [1.54, 1.807) is 12.3 Å². The van der Waals surface area contributed by atoms with Gasteiger partial charge in [-0.2, -0.15) is 5.26 Å². The van der Waals surface area contributed by atoms with Crippen LogP contribution in [0.1, 0.15) is 11.1 Å². The van der Waals surface area contributed by atoms with E-state index in [-0.39, 0.29) is 27.6 Å². The van der Waals surface area contributed by atoms with E-state index in [0.29, 0.717) is 5.69 Å². The zero-order valence-electron chi connectivity index (χ0n) is 15.7. The number of aromatic nitrogens is 2. The van der Waals surface area contributed by atoms with E-state index in [2.05, 4.69) is 20.6 Å². The van der Waals surface area contributed by atoms with Crippen molar-refractivity contribution in [3.63, 3.8) is 0 Å². The molecule has 0 fully saturated rings. The van der Waals surface area contributed by atoms with Crippen LogP contribution in [0.2, 0.25) is 0 Å². The minimum Gasteiger partial charge on any atom is -0.454 e. The highest BCUT2D eigenvalue weighted by Gasteiger charge is 2.16. The third kappa shape index (κ3) is 4.88. The molecule has 0 saturated carbocycles. The summed E-state index contributed by atoms with van der Waals surface area (Å²) in [6, 6.07) is 8.39. The Morgan fingerprint density at radius 3 is 2.37 bits per heavy atom. The number of aryl methyl sites for hydroxylation is 1. The molecule has 0 radical (unpaired) electrons. The summed E-state index contributed by atoms with van der Waals surface area (Å²) < 4.78 is 28.5. The molecule has 0 spiro atoms. The molecule has 3 rings (SSSR count). The molecule has 10 nitrogen and oxygen atoms in total. The Kier molecular flexibility index (Phi) is 5.91. The Morgan fingerprint density at radius 1 is 1.07 bits per heavy atom. The first-order chi connectivity index (χ1) is 14.3. The second kappa shape index (κ2) is 8.56. The van der Waals surface area contributed by atoms with Crippen LogP contribution in [0, 0.1) is 18.3 Å². The molecule has 0 atom stereocenters. The number of sulfonamides is 1. The van der Waals surface area contributed by atoms with Crippen LogP contribution in [0.5, 0.6) is 11.5 Å². The van der Waals surface area contributed by atoms with Gasteiger partial charge in [-0.25, -0.2) is 18.4 Å². The fourth-order valence-electron chi connectivity index (χ4n) is 2.41. The van der Waals surface area contributed by atoms with Crippen LogP contribution in [0.4, 0.5) is 16.2 Å². The molecule has 30 heavy (non-hydrogen) atoms. The minimum atomic E-state index is -3.85. The van der Waals surface area contributed by atoms with Crippen molar-refractivity contribution in [1.29, 1.82) is 5.26 Å². The molecule has 11 heteroatoms. The number of anilines is 2. The molecule has 0 aliphatic rings. The molecule has 0 aliphatic carbocycles. The lowest BCUT2D eigenvalue weighted by Crippen LogP contribution is -2.20. The van der Waals surface area contributed by atoms with Gasteiger partial charge in [0.15, 0.2) is 5.75 Å². The van der Waals surface area contributed by atoms with Gasteiger partial charge >= 0.3 is 6.03 Å². The van der Waals surface area contributed by atoms with Gasteiger partial charge < -0.3 is 15.4 Å². The normalized spacial score (nSPS) is 10.7. The van der Waals surface area contributed by atoms with Gasteiger partial charge in [0.05, 0.1) is 23.0 Å². The molecule has 152 valence electrons. The van der Waals surface area contributed by atoms with Crippen molar-refractivity contribution >= 4 is 27.4 Å². The molecule has 0 saturated heterocycles. The number of carbonyl (C=O) groups is 1. The Hall–Kier alpha value is -4.01. The number of pyridine rings is 2. The maximum absolute atomic E-state index is 12.4. The van der Waals surface area contributed by atoms with Gasteiger partial charge in [0.2, 0.25) is 10.0 Å². The molecular formula is C19H16N6O4S. The first-order valence-corrected chi connectivity index (χ1v) is 10.00. The number of nitriles is 1. The summed E-state index contributed by atoms with van der Waals surface area (Å²) in [6.45, 7) is 1.81. The summed E-state index contributed by atoms with van der Waals surface area (Å²) in [7, 11) is -3.85. The molecule has 0 unspecified atom stereocenters. The minimum absolute atomic E-state index is 0.0499.